The van der Waals surface area contributed by atoms with Crippen molar-refractivity contribution < 1.29 is 61.4 Å². The van der Waals surface area contributed by atoms with Gasteiger partial charge in [0, 0.05) is 12.1 Å². The largest absolute Gasteiger partial charge is 1.00 e. The van der Waals surface area contributed by atoms with Crippen molar-refractivity contribution in [3.63, 3.8) is 0 Å². The molecule has 0 atom stereocenters. The molecule has 0 aromatic heterocycles. The summed E-state index contributed by atoms with van der Waals surface area (Å²) in [6, 6.07) is 14.7. The molecule has 55 heavy (non-hydrogen) atoms. The Labute approximate surface area is 365 Å². The summed E-state index contributed by atoms with van der Waals surface area (Å²) < 4.78 is 76.0. The molecule has 0 spiro atoms. The summed E-state index contributed by atoms with van der Waals surface area (Å²) >= 11 is 40.8. The Hall–Kier alpha value is -3.81. The van der Waals surface area contributed by atoms with Gasteiger partial charge in [-0.2, -0.15) is 52.7 Å². The second kappa shape index (κ2) is 21.5. The quantitative estimate of drug-likeness (QED) is 0.0684. The molecule has 0 saturated carbocycles. The predicted octanol–water partition coefficient (Wildman–Crippen LogP) is 9.58. The first kappa shape index (κ1) is 51.2. The zero-order valence-corrected chi connectivity index (χ0v) is 34.1. The van der Waals surface area contributed by atoms with E-state index in [1.807, 2.05) is 0 Å². The van der Waals surface area contributed by atoms with Gasteiger partial charge in [0.1, 0.15) is 24.3 Å². The third kappa shape index (κ3) is 12.1. The first-order chi connectivity index (χ1) is 24.6. The molecule has 0 saturated heterocycles. The maximum Gasteiger partial charge on any atom is 1.00 e. The van der Waals surface area contributed by atoms with Crippen LogP contribution < -0.4 is 35.3 Å². The van der Waals surface area contributed by atoms with Crippen LogP contribution in [-0.2, 0) is 18.8 Å². The van der Waals surface area contributed by atoms with Crippen LogP contribution in [0.25, 0.3) is 4.85 Å². The van der Waals surface area contributed by atoms with E-state index in [1.54, 1.807) is 24.3 Å². The average molecular weight is 907 g/mol. The van der Waals surface area contributed by atoms with E-state index in [-0.39, 0.29) is 116 Å². The Morgan fingerprint density at radius 3 is 1.35 bits per heavy atom. The molecule has 4 rings (SSSR count). The van der Waals surface area contributed by atoms with Crippen LogP contribution in [0.1, 0.15) is 50.1 Å². The molecule has 0 unspecified atom stereocenters. The van der Waals surface area contributed by atoms with Crippen LogP contribution in [0.3, 0.4) is 0 Å². The van der Waals surface area contributed by atoms with Gasteiger partial charge >= 0.3 is 41.9 Å². The number of nitrogens with zero attached hydrogens (tertiary/aromatic N) is 6. The van der Waals surface area contributed by atoms with E-state index in [9.17, 15) is 31.6 Å². The molecule has 0 amide bonds. The topological polar surface area (TPSA) is 179 Å². The summed E-state index contributed by atoms with van der Waals surface area (Å²) in [5.41, 5.74) is 2.01. The van der Waals surface area contributed by atoms with Crippen LogP contribution in [-0.4, -0.2) is 5.48 Å². The summed E-state index contributed by atoms with van der Waals surface area (Å²) in [6.07, 6.45) is -9.44. The van der Waals surface area contributed by atoms with Crippen LogP contribution in [0, 0.1) is 63.2 Å². The molecule has 276 valence electrons. The van der Waals surface area contributed by atoms with Gasteiger partial charge in [0.15, 0.2) is 5.69 Å². The number of hydrogen-bond acceptors (Lipinski definition) is 7. The minimum absolute atomic E-state index is 0. The number of nitrogen functional groups attached to an aromatic ring is 1. The van der Waals surface area contributed by atoms with Gasteiger partial charge in [-0.05, 0) is 29.3 Å². The zero-order valence-electron chi connectivity index (χ0n) is 26.8. The SMILES string of the molecule is N#Cc1c(Cl)c(Cl)c(C#N)c(Cl)c1Cl.N#Cc1ccc(N)cc1C(F)(F)F.[C-]#[N+]c1ccc(Cc2c(Cl)c(C#N)c(Cl)c(Cl)c2C#N)cc1C(F)(F)F.[Na+].[OH-]. The number of anilines is 1. The standard InChI is InChI=1S/C17H5Cl3F3N3.C8Cl4N2.C8H5F3N2.Na.H2O/c1-26-13-3-2-8(5-12(13)17(21,22)23)4-9-10(6-24)15(19)16(20)11(7-25)14(9)18;9-5-3(1-13)6(10)8(12)4(2-14)7(5)11;9-8(10,11)7-3-6(13)2-1-5(7)4-12;;/h2-3,5H,4H2;;1-3H,13H2;;1H2/q;;;+1;/p-1. The van der Waals surface area contributed by atoms with Crippen molar-refractivity contribution in [2.45, 2.75) is 18.8 Å². The van der Waals surface area contributed by atoms with Crippen molar-refractivity contribution in [3.05, 3.63) is 133 Å². The fraction of sp³-hybridized carbons (Fsp3) is 0.0909. The zero-order chi connectivity index (χ0) is 40.6. The molecule has 0 bridgehead atoms. The average Bonchev–Trinajstić information content (AvgIpc) is 3.10. The van der Waals surface area contributed by atoms with E-state index in [0.29, 0.717) is 0 Å². The first-order valence-corrected chi connectivity index (χ1v) is 15.9. The second-order valence-corrected chi connectivity index (χ2v) is 12.3. The number of alkyl halides is 6. The number of hydrogen-bond donors (Lipinski definition) is 1. The van der Waals surface area contributed by atoms with Crippen molar-refractivity contribution in [2.24, 2.45) is 0 Å². The number of nitrogens with two attached hydrogens (primary N) is 1. The fourth-order valence-electron chi connectivity index (χ4n) is 4.03. The molecular formula is C33H11Cl7F6N7NaO. The van der Waals surface area contributed by atoms with Crippen molar-refractivity contribution in [1.29, 1.82) is 26.3 Å². The summed E-state index contributed by atoms with van der Waals surface area (Å²) in [5, 5.41) is 43.5. The number of rotatable bonds is 2. The van der Waals surface area contributed by atoms with Crippen molar-refractivity contribution in [3.8, 4) is 30.3 Å². The molecule has 0 aliphatic rings. The van der Waals surface area contributed by atoms with Gasteiger partial charge in [0.2, 0.25) is 0 Å². The van der Waals surface area contributed by atoms with Gasteiger partial charge < -0.3 is 11.2 Å². The molecule has 0 aliphatic carbocycles. The summed E-state index contributed by atoms with van der Waals surface area (Å²) in [6.45, 7) is 6.85. The smallest absolute Gasteiger partial charge is 0.870 e. The fourth-order valence-corrected chi connectivity index (χ4v) is 5.88. The first-order valence-electron chi connectivity index (χ1n) is 13.2. The van der Waals surface area contributed by atoms with E-state index in [4.69, 9.17) is 115 Å². The van der Waals surface area contributed by atoms with Gasteiger partial charge in [-0.1, -0.05) is 99.4 Å². The van der Waals surface area contributed by atoms with Crippen LogP contribution in [0.4, 0.5) is 37.7 Å². The molecule has 22 heteroatoms. The van der Waals surface area contributed by atoms with Crippen LogP contribution in [0.2, 0.25) is 35.2 Å². The minimum Gasteiger partial charge on any atom is -0.870 e. The normalized spacial score (nSPS) is 10.0. The van der Waals surface area contributed by atoms with Gasteiger partial charge in [-0.3, -0.25) is 0 Å². The molecule has 0 radical (unpaired) electrons. The maximum absolute atomic E-state index is 13.1. The Balaban J connectivity index is 0.000000854. The van der Waals surface area contributed by atoms with Crippen molar-refractivity contribution in [1.82, 2.24) is 0 Å². The molecule has 8 nitrogen and oxygen atoms in total. The number of halogens is 13. The molecular weight excluding hydrogens is 896 g/mol. The van der Waals surface area contributed by atoms with E-state index in [2.05, 4.69) is 4.85 Å². The summed E-state index contributed by atoms with van der Waals surface area (Å²) in [7, 11) is 0. The minimum atomic E-state index is -4.72. The van der Waals surface area contributed by atoms with Gasteiger partial charge in [-0.15, -0.1) is 0 Å². The third-order valence-electron chi connectivity index (χ3n) is 6.47. The second-order valence-electron chi connectivity index (χ2n) is 9.68. The van der Waals surface area contributed by atoms with E-state index in [1.165, 1.54) is 18.2 Å². The van der Waals surface area contributed by atoms with Crippen molar-refractivity contribution in [2.75, 3.05) is 5.73 Å². The van der Waals surface area contributed by atoms with Gasteiger partial charge in [0.05, 0.1) is 86.7 Å². The Morgan fingerprint density at radius 2 is 0.982 bits per heavy atom. The Kier molecular flexibility index (Phi) is 20.0. The van der Waals surface area contributed by atoms with Crippen LogP contribution in [0.15, 0.2) is 36.4 Å². The maximum atomic E-state index is 13.1. The summed E-state index contributed by atoms with van der Waals surface area (Å²) in [4.78, 5) is 2.86. The summed E-state index contributed by atoms with van der Waals surface area (Å²) in [5.74, 6) is 0. The number of benzene rings is 4. The van der Waals surface area contributed by atoms with E-state index < -0.39 is 34.7 Å². The van der Waals surface area contributed by atoms with Crippen molar-refractivity contribution >= 4 is 92.6 Å². The van der Waals surface area contributed by atoms with Gasteiger partial charge in [-0.25, -0.2) is 4.85 Å². The predicted molar refractivity (Wildman–Crippen MR) is 190 cm³/mol. The van der Waals surface area contributed by atoms with Gasteiger partial charge in [0.25, 0.3) is 0 Å². The van der Waals surface area contributed by atoms with Crippen LogP contribution in [0.5, 0.6) is 0 Å². The Morgan fingerprint density at radius 1 is 0.582 bits per heavy atom. The van der Waals surface area contributed by atoms with Crippen LogP contribution >= 0.6 is 81.2 Å². The Bertz CT molecular complexity index is 2310. The molecule has 0 aliphatic heterocycles. The number of nitriles is 5. The molecule has 0 fully saturated rings. The molecule has 4 aromatic rings. The monoisotopic (exact) mass is 903 g/mol. The van der Waals surface area contributed by atoms with E-state index in [0.717, 1.165) is 24.3 Å². The molecule has 0 heterocycles. The molecule has 3 N–H and O–H groups in total. The molecule has 4 aromatic carbocycles. The van der Waals surface area contributed by atoms with E-state index >= 15 is 0 Å². The third-order valence-corrected chi connectivity index (χ3v) is 9.44.